The van der Waals surface area contributed by atoms with Crippen molar-refractivity contribution in [3.8, 4) is 0 Å². The number of rotatable bonds is 2. The molecule has 0 atom stereocenters. The number of thiol groups is 2. The summed E-state index contributed by atoms with van der Waals surface area (Å²) in [4.78, 5) is 3.12. The first kappa shape index (κ1) is 15.1. The maximum atomic E-state index is 5.27. The summed E-state index contributed by atoms with van der Waals surface area (Å²) in [6, 6.07) is 3.83. The van der Waals surface area contributed by atoms with E-state index in [2.05, 4.69) is 35.3 Å². The Morgan fingerprint density at radius 2 is 1.84 bits per heavy atom. The van der Waals surface area contributed by atoms with Crippen LogP contribution in [0.2, 0.25) is 0 Å². The average Bonchev–Trinajstić information content (AvgIpc) is 2.89. The van der Waals surface area contributed by atoms with Gasteiger partial charge >= 0.3 is 0 Å². The lowest BCUT2D eigenvalue weighted by Gasteiger charge is -2.43. The summed E-state index contributed by atoms with van der Waals surface area (Å²) >= 11 is 19.1. The van der Waals surface area contributed by atoms with Gasteiger partial charge in [-0.25, -0.2) is 5.01 Å². The van der Waals surface area contributed by atoms with E-state index in [9.17, 15) is 0 Å². The molecule has 0 bridgehead atoms. The lowest BCUT2D eigenvalue weighted by molar-refractivity contribution is 0.0339. The van der Waals surface area contributed by atoms with E-state index in [1.54, 1.807) is 5.01 Å². The van der Waals surface area contributed by atoms with Crippen molar-refractivity contribution in [1.29, 1.82) is 0 Å². The maximum Gasteiger partial charge on any atom is 0.170 e. The Morgan fingerprint density at radius 1 is 1.16 bits per heavy atom. The number of hydrogen-bond donors (Lipinski definition) is 3. The summed E-state index contributed by atoms with van der Waals surface area (Å²) in [5.41, 5.74) is 0. The molecule has 1 fully saturated rings. The van der Waals surface area contributed by atoms with Gasteiger partial charge in [0.2, 0.25) is 0 Å². The molecule has 0 unspecified atom stereocenters. The molecule has 1 aromatic rings. The number of anilines is 1. The largest absolute Gasteiger partial charge is 0.347 e. The van der Waals surface area contributed by atoms with E-state index in [1.165, 1.54) is 6.42 Å². The smallest absolute Gasteiger partial charge is 0.170 e. The summed E-state index contributed by atoms with van der Waals surface area (Å²) in [5, 5.41) is 5.74. The van der Waals surface area contributed by atoms with Crippen LogP contribution < -0.4 is 5.01 Å². The van der Waals surface area contributed by atoms with Crippen molar-refractivity contribution in [2.24, 2.45) is 0 Å². The van der Waals surface area contributed by atoms with Crippen LogP contribution in [0.25, 0.3) is 0 Å². The average molecular weight is 333 g/mol. The summed E-state index contributed by atoms with van der Waals surface area (Å²) in [7, 11) is 0. The van der Waals surface area contributed by atoms with E-state index in [0.29, 0.717) is 8.64 Å². The van der Waals surface area contributed by atoms with Crippen LogP contribution in [0, 0.1) is 0 Å². The number of aromatic nitrogens is 1. The highest BCUT2D eigenvalue weighted by atomic mass is 32.1. The van der Waals surface area contributed by atoms with Crippen LogP contribution in [-0.4, -0.2) is 36.8 Å². The Kier molecular flexibility index (Phi) is 5.52. The van der Waals surface area contributed by atoms with Gasteiger partial charge in [0, 0.05) is 19.3 Å². The Morgan fingerprint density at radius 3 is 2.32 bits per heavy atom. The van der Waals surface area contributed by atoms with Crippen molar-refractivity contribution in [3.63, 3.8) is 0 Å². The first-order valence-electron chi connectivity index (χ1n) is 6.05. The minimum Gasteiger partial charge on any atom is -0.347 e. The molecule has 1 aromatic heterocycles. The first-order valence-corrected chi connectivity index (χ1v) is 7.76. The van der Waals surface area contributed by atoms with Crippen molar-refractivity contribution >= 4 is 64.2 Å². The van der Waals surface area contributed by atoms with Crippen molar-refractivity contribution in [1.82, 2.24) is 15.1 Å². The molecule has 0 spiro atoms. The molecule has 0 aliphatic carbocycles. The number of aromatic amines is 1. The highest BCUT2D eigenvalue weighted by Gasteiger charge is 2.27. The van der Waals surface area contributed by atoms with E-state index in [-0.39, 0.29) is 0 Å². The lowest BCUT2D eigenvalue weighted by atomic mass is 10.2. The fourth-order valence-corrected chi connectivity index (χ4v) is 2.92. The fourth-order valence-electron chi connectivity index (χ4n) is 2.14. The fraction of sp³-hybridized carbons (Fsp3) is 0.455. The van der Waals surface area contributed by atoms with Crippen molar-refractivity contribution in [2.45, 2.75) is 19.3 Å². The third-order valence-corrected chi connectivity index (χ3v) is 3.66. The molecule has 1 aliphatic rings. The van der Waals surface area contributed by atoms with Crippen LogP contribution in [0.3, 0.4) is 0 Å². The van der Waals surface area contributed by atoms with Gasteiger partial charge in [0.05, 0.1) is 0 Å². The molecule has 19 heavy (non-hydrogen) atoms. The standard InChI is InChI=1S/C11H16N4S4/c16-10(17)14(9-5-4-6-12-9)15(11(18)19)13-7-2-1-3-8-13/h4-6,12H,1-3,7-8H2,(H,16,17)(H,18,19). The third kappa shape index (κ3) is 3.63. The van der Waals surface area contributed by atoms with Gasteiger partial charge in [0.25, 0.3) is 0 Å². The number of thiocarbonyl (C=S) groups is 2. The molecule has 8 heteroatoms. The monoisotopic (exact) mass is 332 g/mol. The number of nitrogens with one attached hydrogen (secondary N) is 1. The Hall–Kier alpha value is -0.280. The van der Waals surface area contributed by atoms with Gasteiger partial charge < -0.3 is 4.98 Å². The summed E-state index contributed by atoms with van der Waals surface area (Å²) in [5.74, 6) is 0.821. The SMILES string of the molecule is S=C(S)N(c1ccc[nH]1)N(C(=S)S)N1CCCCC1. The molecule has 104 valence electrons. The number of piperidine rings is 1. The van der Waals surface area contributed by atoms with Crippen molar-refractivity contribution < 1.29 is 0 Å². The van der Waals surface area contributed by atoms with Crippen LogP contribution in [0.4, 0.5) is 5.82 Å². The molecule has 2 heterocycles. The van der Waals surface area contributed by atoms with Gasteiger partial charge in [0.15, 0.2) is 8.64 Å². The molecule has 0 saturated carbocycles. The predicted octanol–water partition coefficient (Wildman–Crippen LogP) is 2.87. The van der Waals surface area contributed by atoms with Crippen LogP contribution in [0.15, 0.2) is 18.3 Å². The van der Waals surface area contributed by atoms with Gasteiger partial charge in [-0.05, 0) is 37.2 Å². The van der Waals surface area contributed by atoms with Crippen LogP contribution in [-0.2, 0) is 0 Å². The van der Waals surface area contributed by atoms with Gasteiger partial charge in [-0.2, -0.15) is 10.1 Å². The van der Waals surface area contributed by atoms with E-state index >= 15 is 0 Å². The Balaban J connectivity index is 2.29. The van der Waals surface area contributed by atoms with E-state index in [4.69, 9.17) is 24.4 Å². The quantitative estimate of drug-likeness (QED) is 0.440. The second-order valence-electron chi connectivity index (χ2n) is 4.24. The molecule has 0 aromatic carbocycles. The molecule has 4 nitrogen and oxygen atoms in total. The zero-order valence-corrected chi connectivity index (χ0v) is 13.7. The molecule has 1 aliphatic heterocycles. The molecule has 0 amide bonds. The minimum absolute atomic E-state index is 0.421. The summed E-state index contributed by atoms with van der Waals surface area (Å²) in [6.45, 7) is 1.88. The second-order valence-corrected chi connectivity index (χ2v) is 6.46. The van der Waals surface area contributed by atoms with Crippen LogP contribution >= 0.6 is 49.7 Å². The number of hydrogen-bond acceptors (Lipinski definition) is 3. The Labute approximate surface area is 134 Å². The zero-order valence-electron chi connectivity index (χ0n) is 10.3. The molecule has 1 N–H and O–H groups in total. The normalized spacial score (nSPS) is 16.1. The molecular weight excluding hydrogens is 316 g/mol. The summed E-state index contributed by atoms with van der Waals surface area (Å²) < 4.78 is 0.873. The lowest BCUT2D eigenvalue weighted by Crippen LogP contribution is -2.57. The van der Waals surface area contributed by atoms with Crippen molar-refractivity contribution in [2.75, 3.05) is 18.1 Å². The topological polar surface area (TPSA) is 25.5 Å². The number of hydrazine groups is 2. The van der Waals surface area contributed by atoms with Crippen LogP contribution in [0.5, 0.6) is 0 Å². The van der Waals surface area contributed by atoms with Crippen molar-refractivity contribution in [3.05, 3.63) is 18.3 Å². The Bertz CT molecular complexity index is 442. The van der Waals surface area contributed by atoms with Gasteiger partial charge in [-0.1, -0.05) is 18.6 Å². The first-order chi connectivity index (χ1) is 9.11. The van der Waals surface area contributed by atoms with Gasteiger partial charge in [-0.3, -0.25) is 0 Å². The predicted molar refractivity (Wildman–Crippen MR) is 93.7 cm³/mol. The third-order valence-electron chi connectivity index (χ3n) is 2.95. The minimum atomic E-state index is 0.421. The molecule has 0 radical (unpaired) electrons. The molecule has 2 rings (SSSR count). The number of nitrogens with zero attached hydrogens (tertiary/aromatic N) is 3. The molecule has 1 saturated heterocycles. The zero-order chi connectivity index (χ0) is 13.8. The van der Waals surface area contributed by atoms with E-state index in [1.807, 2.05) is 23.4 Å². The highest BCUT2D eigenvalue weighted by Crippen LogP contribution is 2.22. The highest BCUT2D eigenvalue weighted by molar-refractivity contribution is 8.12. The van der Waals surface area contributed by atoms with E-state index < -0.39 is 0 Å². The summed E-state index contributed by atoms with van der Waals surface area (Å²) in [6.07, 6.45) is 5.37. The number of H-pyrrole nitrogens is 1. The maximum absolute atomic E-state index is 5.27. The van der Waals surface area contributed by atoms with Crippen LogP contribution in [0.1, 0.15) is 19.3 Å². The van der Waals surface area contributed by atoms with Gasteiger partial charge in [-0.15, -0.1) is 25.3 Å². The van der Waals surface area contributed by atoms with Gasteiger partial charge in [0.1, 0.15) is 5.82 Å². The van der Waals surface area contributed by atoms with E-state index in [0.717, 1.165) is 31.7 Å². The molecular formula is C11H16N4S4. The second kappa shape index (κ2) is 6.94.